The molecule has 0 aliphatic carbocycles. The van der Waals surface area contributed by atoms with Gasteiger partial charge < -0.3 is 34.5 Å². The van der Waals surface area contributed by atoms with E-state index in [1.807, 2.05) is 0 Å². The van der Waals surface area contributed by atoms with E-state index in [1.165, 1.54) is 12.3 Å². The van der Waals surface area contributed by atoms with E-state index in [0.29, 0.717) is 5.69 Å². The van der Waals surface area contributed by atoms with Gasteiger partial charge in [-0.1, -0.05) is 0 Å². The second kappa shape index (κ2) is 6.05. The van der Waals surface area contributed by atoms with Crippen molar-refractivity contribution < 1.29 is 34.7 Å². The highest BCUT2D eigenvalue weighted by molar-refractivity contribution is 5.73. The van der Waals surface area contributed by atoms with E-state index in [2.05, 4.69) is 0 Å². The molecule has 0 amide bonds. The van der Waals surface area contributed by atoms with Gasteiger partial charge in [0, 0.05) is 19.3 Å². The molecule has 3 unspecified atom stereocenters. The van der Waals surface area contributed by atoms with Crippen LogP contribution in [0.25, 0.3) is 0 Å². The summed E-state index contributed by atoms with van der Waals surface area (Å²) in [5.74, 6) is -1.66. The Hall–Kier alpha value is -1.94. The van der Waals surface area contributed by atoms with Crippen LogP contribution in [0.2, 0.25) is 0 Å². The molecule has 9 nitrogen and oxygen atoms in total. The van der Waals surface area contributed by atoms with Crippen molar-refractivity contribution in [3.63, 3.8) is 0 Å². The topological polar surface area (TPSA) is 138 Å². The van der Waals surface area contributed by atoms with Crippen molar-refractivity contribution >= 4 is 5.97 Å². The van der Waals surface area contributed by atoms with E-state index in [-0.39, 0.29) is 5.75 Å². The fourth-order valence-electron chi connectivity index (χ4n) is 2.11. The van der Waals surface area contributed by atoms with Crippen molar-refractivity contribution in [2.45, 2.75) is 37.6 Å². The highest BCUT2D eigenvalue weighted by Gasteiger charge is 2.48. The van der Waals surface area contributed by atoms with Crippen molar-refractivity contribution in [3.8, 4) is 5.75 Å². The van der Waals surface area contributed by atoms with Crippen molar-refractivity contribution in [3.05, 3.63) is 28.2 Å². The highest BCUT2D eigenvalue weighted by Crippen LogP contribution is 2.24. The van der Waals surface area contributed by atoms with Crippen LogP contribution in [0.1, 0.15) is 5.69 Å². The molecule has 0 bridgehead atoms. The highest BCUT2D eigenvalue weighted by atomic mass is 16.7. The van der Waals surface area contributed by atoms with Gasteiger partial charge in [0.15, 0.2) is 11.9 Å². The normalized spacial score (nSPS) is 31.8. The Balaban J connectivity index is 2.31. The molecule has 0 radical (unpaired) electrons. The first-order valence-corrected chi connectivity index (χ1v) is 6.49. The number of aromatic nitrogens is 1. The van der Waals surface area contributed by atoms with Crippen LogP contribution in [-0.2, 0) is 16.6 Å². The lowest BCUT2D eigenvalue weighted by molar-refractivity contribution is -0.271. The van der Waals surface area contributed by atoms with Gasteiger partial charge in [-0.2, -0.15) is 0 Å². The molecule has 5 atom stereocenters. The summed E-state index contributed by atoms with van der Waals surface area (Å²) in [6.45, 7) is 1.59. The zero-order valence-corrected chi connectivity index (χ0v) is 11.9. The molecule has 0 aromatic carbocycles. The molecule has 22 heavy (non-hydrogen) atoms. The first-order chi connectivity index (χ1) is 10.2. The summed E-state index contributed by atoms with van der Waals surface area (Å²) >= 11 is 0. The largest absolute Gasteiger partial charge is 0.479 e. The fraction of sp³-hybridized carbons (Fsp3) is 0.538. The van der Waals surface area contributed by atoms with E-state index in [0.717, 1.165) is 0 Å². The average molecular weight is 315 g/mol. The van der Waals surface area contributed by atoms with Crippen LogP contribution in [0.3, 0.4) is 0 Å². The van der Waals surface area contributed by atoms with Gasteiger partial charge >= 0.3 is 5.97 Å². The Morgan fingerprint density at radius 1 is 1.27 bits per heavy atom. The van der Waals surface area contributed by atoms with Crippen LogP contribution in [-0.4, -0.2) is 61.7 Å². The number of aliphatic hydroxyl groups is 3. The molecule has 2 rings (SSSR count). The van der Waals surface area contributed by atoms with Crippen LogP contribution in [0.15, 0.2) is 17.1 Å². The third-order valence-electron chi connectivity index (χ3n) is 3.58. The predicted molar refractivity (Wildman–Crippen MR) is 71.4 cm³/mol. The van der Waals surface area contributed by atoms with E-state index in [4.69, 9.17) is 14.6 Å². The Bertz CT molecular complexity index is 627. The summed E-state index contributed by atoms with van der Waals surface area (Å²) in [6, 6.07) is 1.23. The van der Waals surface area contributed by atoms with E-state index in [1.54, 1.807) is 18.5 Å². The van der Waals surface area contributed by atoms with Crippen molar-refractivity contribution in [2.24, 2.45) is 7.05 Å². The second-order valence-corrected chi connectivity index (χ2v) is 5.06. The Kier molecular flexibility index (Phi) is 4.52. The van der Waals surface area contributed by atoms with Crippen molar-refractivity contribution in [1.82, 2.24) is 4.57 Å². The third kappa shape index (κ3) is 2.83. The van der Waals surface area contributed by atoms with Crippen LogP contribution in [0.5, 0.6) is 5.75 Å². The number of hydrogen-bond acceptors (Lipinski definition) is 7. The van der Waals surface area contributed by atoms with Crippen LogP contribution in [0, 0.1) is 6.92 Å². The molecule has 2 heterocycles. The van der Waals surface area contributed by atoms with Crippen LogP contribution in [0.4, 0.5) is 0 Å². The first kappa shape index (κ1) is 16.4. The molecule has 0 spiro atoms. The van der Waals surface area contributed by atoms with Gasteiger partial charge in [-0.3, -0.25) is 4.79 Å². The van der Waals surface area contributed by atoms with Gasteiger partial charge in [-0.05, 0) is 6.92 Å². The molecule has 1 fully saturated rings. The second-order valence-electron chi connectivity index (χ2n) is 5.06. The zero-order chi connectivity index (χ0) is 16.6. The molecule has 122 valence electrons. The number of rotatable bonds is 3. The molecule has 4 N–H and O–H groups in total. The number of aliphatic carboxylic acids is 1. The molecular weight excluding hydrogens is 298 g/mol. The Morgan fingerprint density at radius 2 is 1.91 bits per heavy atom. The summed E-state index contributed by atoms with van der Waals surface area (Å²) < 4.78 is 11.8. The van der Waals surface area contributed by atoms with Gasteiger partial charge in [0.05, 0.1) is 5.69 Å². The number of pyridine rings is 1. The number of carbonyl (C=O) groups is 1. The smallest absolute Gasteiger partial charge is 0.335 e. The van der Waals surface area contributed by atoms with Gasteiger partial charge in [0.2, 0.25) is 11.7 Å². The summed E-state index contributed by atoms with van der Waals surface area (Å²) in [5.41, 5.74) is -0.0605. The lowest BCUT2D eigenvalue weighted by atomic mass is 9.99. The van der Waals surface area contributed by atoms with E-state index >= 15 is 0 Å². The van der Waals surface area contributed by atoms with Crippen molar-refractivity contribution in [2.75, 3.05) is 0 Å². The maximum atomic E-state index is 11.8. The predicted octanol–water partition coefficient (Wildman–Crippen LogP) is -2.04. The van der Waals surface area contributed by atoms with Gasteiger partial charge in [-0.25, -0.2) is 4.79 Å². The Labute approximate surface area is 125 Å². The maximum Gasteiger partial charge on any atom is 0.335 e. The van der Waals surface area contributed by atoms with Crippen LogP contribution < -0.4 is 10.2 Å². The quantitative estimate of drug-likeness (QED) is 0.501. The summed E-state index contributed by atoms with van der Waals surface area (Å²) in [7, 11) is 1.67. The van der Waals surface area contributed by atoms with Gasteiger partial charge in [0.25, 0.3) is 0 Å². The molecule has 1 aliphatic rings. The Morgan fingerprint density at radius 3 is 2.50 bits per heavy atom. The SMILES string of the molecule is Cc1c(O[C@H]2OC(C(=O)O)[C@H](O)C(O)C2O)c(=O)ccn1C. The molecule has 0 saturated carbocycles. The van der Waals surface area contributed by atoms with Gasteiger partial charge in [0.1, 0.15) is 18.3 Å². The molecule has 1 aliphatic heterocycles. The minimum Gasteiger partial charge on any atom is -0.479 e. The molecule has 1 saturated heterocycles. The molecular formula is C13H17NO8. The number of nitrogens with zero attached hydrogens (tertiary/aromatic N) is 1. The number of hydrogen-bond donors (Lipinski definition) is 4. The lowest BCUT2D eigenvalue weighted by Gasteiger charge is -2.38. The molecule has 9 heteroatoms. The molecule has 1 aromatic heterocycles. The third-order valence-corrected chi connectivity index (χ3v) is 3.58. The number of ether oxygens (including phenoxy) is 2. The van der Waals surface area contributed by atoms with Crippen molar-refractivity contribution in [1.29, 1.82) is 0 Å². The number of carboxylic acid groups (broad SMARTS) is 1. The monoisotopic (exact) mass is 315 g/mol. The van der Waals surface area contributed by atoms with Gasteiger partial charge in [-0.15, -0.1) is 0 Å². The molecule has 1 aromatic rings. The fourth-order valence-corrected chi connectivity index (χ4v) is 2.11. The van der Waals surface area contributed by atoms with Crippen LogP contribution >= 0.6 is 0 Å². The first-order valence-electron chi connectivity index (χ1n) is 6.49. The average Bonchev–Trinajstić information content (AvgIpc) is 2.47. The maximum absolute atomic E-state index is 11.8. The van der Waals surface area contributed by atoms with E-state index < -0.39 is 42.1 Å². The number of carboxylic acids is 1. The minimum absolute atomic E-state index is 0.137. The van der Waals surface area contributed by atoms with E-state index in [9.17, 15) is 24.9 Å². The minimum atomic E-state index is -1.81. The lowest BCUT2D eigenvalue weighted by Crippen LogP contribution is -2.61. The number of aliphatic hydroxyl groups excluding tert-OH is 3. The summed E-state index contributed by atoms with van der Waals surface area (Å²) in [6.07, 6.45) is -7.18. The summed E-state index contributed by atoms with van der Waals surface area (Å²) in [4.78, 5) is 22.8. The zero-order valence-electron chi connectivity index (χ0n) is 11.9. The standard InChI is InChI=1S/C13H17NO8/c1-5-10(6(15)3-4-14(5)2)21-13-9(18)7(16)8(17)11(22-13)12(19)20/h3-4,7-9,11,13,16-18H,1-2H3,(H,19,20)/t7?,8-,9?,11?,13+/m1/s1. The number of aryl methyl sites for hydroxylation is 1. The summed E-state index contributed by atoms with van der Waals surface area (Å²) in [5, 5.41) is 38.1.